The average Bonchev–Trinajstić information content (AvgIpc) is 2.87. The van der Waals surface area contributed by atoms with Crippen LogP contribution in [0.2, 0.25) is 10.0 Å². The lowest BCUT2D eigenvalue weighted by Gasteiger charge is -2.22. The fourth-order valence-corrected chi connectivity index (χ4v) is 3.82. The number of carbonyl (C=O) groups is 3. The second-order valence-corrected chi connectivity index (χ2v) is 7.42. The molecule has 26 heavy (non-hydrogen) atoms. The number of hydrazine groups is 1. The molecule has 1 aromatic rings. The maximum absolute atomic E-state index is 12.6. The lowest BCUT2D eigenvalue weighted by molar-refractivity contribution is -0.151. The second-order valence-electron chi connectivity index (χ2n) is 6.57. The number of nitrogens with one attached hydrogen (secondary N) is 1. The average molecular weight is 399 g/mol. The van der Waals surface area contributed by atoms with Crippen LogP contribution < -0.4 is 10.2 Å². The third-order valence-electron chi connectivity index (χ3n) is 4.89. The maximum atomic E-state index is 12.6. The van der Waals surface area contributed by atoms with Gasteiger partial charge >= 0.3 is 0 Å². The molecule has 1 saturated carbocycles. The Labute approximate surface area is 161 Å². The molecule has 1 aliphatic carbocycles. The molecule has 0 bridgehead atoms. The van der Waals surface area contributed by atoms with Crippen molar-refractivity contribution in [2.24, 2.45) is 11.8 Å². The predicted molar refractivity (Wildman–Crippen MR) is 96.6 cm³/mol. The Hall–Kier alpha value is -1.79. The van der Waals surface area contributed by atoms with Crippen LogP contribution in [0.4, 0.5) is 0 Å². The Balaban J connectivity index is 1.70. The Bertz CT molecular complexity index is 716. The van der Waals surface area contributed by atoms with Gasteiger partial charge in [-0.05, 0) is 31.4 Å². The van der Waals surface area contributed by atoms with Crippen LogP contribution in [-0.4, -0.2) is 28.8 Å². The van der Waals surface area contributed by atoms with Crippen LogP contribution in [0.25, 0.3) is 0 Å². The highest BCUT2D eigenvalue weighted by atomic mass is 35.5. The first kappa shape index (κ1) is 19.0. The van der Waals surface area contributed by atoms with E-state index < -0.39 is 12.0 Å². The van der Waals surface area contributed by atoms with Crippen molar-refractivity contribution in [1.29, 1.82) is 0 Å². The number of amides is 3. The first-order valence-electron chi connectivity index (χ1n) is 8.72. The fraction of sp³-hybridized carbons (Fsp3) is 0.500. The fourth-order valence-electron chi connectivity index (χ4n) is 3.50. The molecule has 3 amide bonds. The topological polar surface area (TPSA) is 75.7 Å². The van der Waals surface area contributed by atoms with E-state index >= 15 is 0 Å². The summed E-state index contributed by atoms with van der Waals surface area (Å²) in [5.41, 5.74) is 2.43. The van der Waals surface area contributed by atoms with E-state index in [0.29, 0.717) is 29.3 Å². The minimum atomic E-state index is -0.908. The minimum Gasteiger partial charge on any atom is -0.479 e. The molecule has 0 spiro atoms. The summed E-state index contributed by atoms with van der Waals surface area (Å²) in [5.74, 6) is -1.59. The van der Waals surface area contributed by atoms with Crippen molar-refractivity contribution in [1.82, 2.24) is 10.4 Å². The minimum absolute atomic E-state index is 0.272. The molecule has 1 saturated heterocycles. The lowest BCUT2D eigenvalue weighted by Crippen LogP contribution is -2.51. The summed E-state index contributed by atoms with van der Waals surface area (Å²) in [5, 5.41) is 1.61. The van der Waals surface area contributed by atoms with E-state index in [4.69, 9.17) is 27.9 Å². The van der Waals surface area contributed by atoms with Gasteiger partial charge in [-0.2, -0.15) is 5.01 Å². The molecule has 140 valence electrons. The van der Waals surface area contributed by atoms with Crippen molar-refractivity contribution < 1.29 is 19.1 Å². The van der Waals surface area contributed by atoms with E-state index in [2.05, 4.69) is 5.43 Å². The number of rotatable bonds is 5. The summed E-state index contributed by atoms with van der Waals surface area (Å²) in [6, 6.07) is 4.70. The zero-order valence-electron chi connectivity index (χ0n) is 14.3. The van der Waals surface area contributed by atoms with E-state index in [-0.39, 0.29) is 29.4 Å². The van der Waals surface area contributed by atoms with Crippen molar-refractivity contribution in [3.63, 3.8) is 0 Å². The number of fused-ring (bicyclic) bond motifs is 1. The van der Waals surface area contributed by atoms with Gasteiger partial charge in [0.15, 0.2) is 6.10 Å². The van der Waals surface area contributed by atoms with Gasteiger partial charge in [-0.1, -0.05) is 43.0 Å². The Kier molecular flexibility index (Phi) is 5.73. The largest absolute Gasteiger partial charge is 0.479 e. The van der Waals surface area contributed by atoms with Crippen LogP contribution in [0.3, 0.4) is 0 Å². The van der Waals surface area contributed by atoms with Gasteiger partial charge in [-0.25, -0.2) is 0 Å². The van der Waals surface area contributed by atoms with Crippen LogP contribution in [0.5, 0.6) is 5.75 Å². The number of halogens is 2. The third-order valence-corrected chi connectivity index (χ3v) is 5.44. The molecule has 0 radical (unpaired) electrons. The first-order valence-corrected chi connectivity index (χ1v) is 9.48. The molecule has 0 unspecified atom stereocenters. The predicted octanol–water partition coefficient (Wildman–Crippen LogP) is 3.36. The molecule has 1 aromatic carbocycles. The number of imide groups is 1. The quantitative estimate of drug-likeness (QED) is 0.771. The van der Waals surface area contributed by atoms with E-state index in [1.807, 2.05) is 0 Å². The molecule has 1 N–H and O–H groups in total. The summed E-state index contributed by atoms with van der Waals surface area (Å²) >= 11 is 12.0. The molecule has 3 atom stereocenters. The number of benzene rings is 1. The molecule has 8 heteroatoms. The molecule has 0 aromatic heterocycles. The summed E-state index contributed by atoms with van der Waals surface area (Å²) in [7, 11) is 0. The molecular weight excluding hydrogens is 379 g/mol. The highest BCUT2D eigenvalue weighted by Crippen LogP contribution is 2.37. The van der Waals surface area contributed by atoms with Crippen molar-refractivity contribution in [2.75, 3.05) is 0 Å². The molecule has 2 fully saturated rings. The Morgan fingerprint density at radius 2 is 1.85 bits per heavy atom. The van der Waals surface area contributed by atoms with Gasteiger partial charge in [0.05, 0.1) is 16.9 Å². The van der Waals surface area contributed by atoms with Crippen LogP contribution in [0.1, 0.15) is 39.0 Å². The van der Waals surface area contributed by atoms with Crippen LogP contribution in [0.15, 0.2) is 18.2 Å². The second kappa shape index (κ2) is 7.84. The number of hydrogen-bond donors (Lipinski definition) is 1. The van der Waals surface area contributed by atoms with Crippen molar-refractivity contribution in [3.05, 3.63) is 28.2 Å². The van der Waals surface area contributed by atoms with Crippen LogP contribution in [-0.2, 0) is 14.4 Å². The standard InChI is InChI=1S/C18H20Cl2N2O4/c1-2-14(26-15-9-10(19)7-8-13(15)20)16(23)21-22-17(24)11-5-3-4-6-12(11)18(22)25/h7-9,11-12,14H,2-6H2,1H3,(H,21,23)/t11-,12-,14-/m0/s1. The molecule has 1 aliphatic heterocycles. The highest BCUT2D eigenvalue weighted by molar-refractivity contribution is 6.34. The summed E-state index contributed by atoms with van der Waals surface area (Å²) < 4.78 is 5.66. The SMILES string of the molecule is CC[C@H](Oc1cc(Cl)ccc1Cl)C(=O)NN1C(=O)[C@H]2CCCC[C@@H]2C1=O. The van der Waals surface area contributed by atoms with E-state index in [0.717, 1.165) is 17.9 Å². The van der Waals surface area contributed by atoms with Gasteiger partial charge in [-0.3, -0.25) is 19.8 Å². The zero-order valence-corrected chi connectivity index (χ0v) is 15.8. The molecule has 1 heterocycles. The number of hydrogen-bond acceptors (Lipinski definition) is 4. The van der Waals surface area contributed by atoms with E-state index in [9.17, 15) is 14.4 Å². The first-order chi connectivity index (χ1) is 12.4. The molecular formula is C18H20Cl2N2O4. The summed E-state index contributed by atoms with van der Waals surface area (Å²) in [6.45, 7) is 1.76. The van der Waals surface area contributed by atoms with Gasteiger partial charge in [0.25, 0.3) is 17.7 Å². The molecule has 3 rings (SSSR count). The Morgan fingerprint density at radius 3 is 2.42 bits per heavy atom. The Morgan fingerprint density at radius 1 is 1.23 bits per heavy atom. The smallest absolute Gasteiger partial charge is 0.279 e. The van der Waals surface area contributed by atoms with Gasteiger partial charge in [0, 0.05) is 11.1 Å². The van der Waals surface area contributed by atoms with Gasteiger partial charge in [0.2, 0.25) is 0 Å². The van der Waals surface area contributed by atoms with Crippen LogP contribution >= 0.6 is 23.2 Å². The van der Waals surface area contributed by atoms with Gasteiger partial charge in [0.1, 0.15) is 5.75 Å². The lowest BCUT2D eigenvalue weighted by atomic mass is 9.81. The van der Waals surface area contributed by atoms with E-state index in [1.165, 1.54) is 6.07 Å². The summed E-state index contributed by atoms with van der Waals surface area (Å²) in [4.78, 5) is 37.5. The van der Waals surface area contributed by atoms with Gasteiger partial charge < -0.3 is 4.74 Å². The van der Waals surface area contributed by atoms with Crippen molar-refractivity contribution in [2.45, 2.75) is 45.1 Å². The monoisotopic (exact) mass is 398 g/mol. The van der Waals surface area contributed by atoms with Crippen molar-refractivity contribution >= 4 is 40.9 Å². The van der Waals surface area contributed by atoms with E-state index in [1.54, 1.807) is 19.1 Å². The number of nitrogens with zero attached hydrogens (tertiary/aromatic N) is 1. The third kappa shape index (κ3) is 3.67. The van der Waals surface area contributed by atoms with Gasteiger partial charge in [-0.15, -0.1) is 0 Å². The molecule has 2 aliphatic rings. The normalized spacial score (nSPS) is 23.6. The van der Waals surface area contributed by atoms with Crippen LogP contribution in [0, 0.1) is 11.8 Å². The van der Waals surface area contributed by atoms with Crippen molar-refractivity contribution in [3.8, 4) is 5.75 Å². The zero-order chi connectivity index (χ0) is 18.8. The number of ether oxygens (including phenoxy) is 1. The summed E-state index contributed by atoms with van der Waals surface area (Å²) in [6.07, 6.45) is 2.65. The highest BCUT2D eigenvalue weighted by Gasteiger charge is 2.49. The molecule has 6 nitrogen and oxygen atoms in total. The maximum Gasteiger partial charge on any atom is 0.279 e. The number of carbonyl (C=O) groups excluding carboxylic acids is 3.